The molecule has 1 atom stereocenters. The van der Waals surface area contributed by atoms with E-state index in [2.05, 4.69) is 24.3 Å². The molecule has 0 aromatic carbocycles. The average molecular weight is 239 g/mol. The molecular weight excluding hydrogens is 214 g/mol. The molecule has 0 saturated carbocycles. The Kier molecular flexibility index (Phi) is 5.15. The van der Waals surface area contributed by atoms with Crippen LogP contribution in [0.4, 0.5) is 0 Å². The summed E-state index contributed by atoms with van der Waals surface area (Å²) in [6.07, 6.45) is 5.48. The number of nitrogens with zero attached hydrogens (tertiary/aromatic N) is 2. The molecule has 2 N–H and O–H groups in total. The molecule has 0 amide bonds. The Morgan fingerprint density at radius 1 is 1.53 bits per heavy atom. The summed E-state index contributed by atoms with van der Waals surface area (Å²) in [7, 11) is 1.91. The highest BCUT2D eigenvalue weighted by molar-refractivity contribution is 5.04. The molecule has 0 bridgehead atoms. The molecule has 0 fully saturated rings. The first-order valence-electron chi connectivity index (χ1n) is 6.30. The van der Waals surface area contributed by atoms with Gasteiger partial charge in [0.1, 0.15) is 0 Å². The summed E-state index contributed by atoms with van der Waals surface area (Å²) < 4.78 is 1.79. The second-order valence-electron chi connectivity index (χ2n) is 5.54. The molecule has 1 aromatic heterocycles. The van der Waals surface area contributed by atoms with E-state index in [0.29, 0.717) is 12.5 Å². The first-order valence-corrected chi connectivity index (χ1v) is 6.30. The van der Waals surface area contributed by atoms with Crippen LogP contribution in [0.15, 0.2) is 12.4 Å². The molecule has 98 valence electrons. The van der Waals surface area contributed by atoms with Crippen LogP contribution in [-0.2, 0) is 13.5 Å². The largest absolute Gasteiger partial charge is 0.389 e. The minimum Gasteiger partial charge on any atom is -0.389 e. The fourth-order valence-corrected chi connectivity index (χ4v) is 1.73. The van der Waals surface area contributed by atoms with E-state index in [-0.39, 0.29) is 0 Å². The molecule has 1 unspecified atom stereocenters. The van der Waals surface area contributed by atoms with Crippen LogP contribution in [0.5, 0.6) is 0 Å². The van der Waals surface area contributed by atoms with Crippen molar-refractivity contribution in [3.05, 3.63) is 18.0 Å². The zero-order chi connectivity index (χ0) is 12.9. The van der Waals surface area contributed by atoms with E-state index in [1.165, 1.54) is 5.56 Å². The molecule has 0 aliphatic rings. The monoisotopic (exact) mass is 239 g/mol. The van der Waals surface area contributed by atoms with Gasteiger partial charge in [0.05, 0.1) is 11.8 Å². The van der Waals surface area contributed by atoms with Crippen molar-refractivity contribution in [2.45, 2.75) is 39.2 Å². The van der Waals surface area contributed by atoms with Gasteiger partial charge in [0.25, 0.3) is 0 Å². The standard InChI is InChI=1S/C13H25N3O/c1-11(2)7-14-10-13(3,17)6-5-12-8-15-16(4)9-12/h8-9,11,14,17H,5-7,10H2,1-4H3. The zero-order valence-electron chi connectivity index (χ0n) is 11.4. The summed E-state index contributed by atoms with van der Waals surface area (Å²) in [5.74, 6) is 0.615. The van der Waals surface area contributed by atoms with Gasteiger partial charge in [-0.3, -0.25) is 4.68 Å². The van der Waals surface area contributed by atoms with Gasteiger partial charge in [-0.25, -0.2) is 0 Å². The third kappa shape index (κ3) is 5.84. The fraction of sp³-hybridized carbons (Fsp3) is 0.769. The van der Waals surface area contributed by atoms with Crippen molar-refractivity contribution in [1.82, 2.24) is 15.1 Å². The molecule has 4 nitrogen and oxygen atoms in total. The Labute approximate surface area is 104 Å². The highest BCUT2D eigenvalue weighted by Gasteiger charge is 2.19. The Morgan fingerprint density at radius 3 is 2.76 bits per heavy atom. The Hall–Kier alpha value is -0.870. The van der Waals surface area contributed by atoms with E-state index < -0.39 is 5.60 Å². The van der Waals surface area contributed by atoms with Gasteiger partial charge in [-0.05, 0) is 37.8 Å². The van der Waals surface area contributed by atoms with Crippen LogP contribution < -0.4 is 5.32 Å². The van der Waals surface area contributed by atoms with Crippen LogP contribution in [0.3, 0.4) is 0 Å². The summed E-state index contributed by atoms with van der Waals surface area (Å²) in [6, 6.07) is 0. The summed E-state index contributed by atoms with van der Waals surface area (Å²) in [4.78, 5) is 0. The maximum Gasteiger partial charge on any atom is 0.0746 e. The Balaban J connectivity index is 2.28. The van der Waals surface area contributed by atoms with Crippen LogP contribution in [0.2, 0.25) is 0 Å². The van der Waals surface area contributed by atoms with E-state index in [1.807, 2.05) is 26.4 Å². The van der Waals surface area contributed by atoms with E-state index in [9.17, 15) is 5.11 Å². The summed E-state index contributed by atoms with van der Waals surface area (Å²) in [5.41, 5.74) is 0.529. The first kappa shape index (κ1) is 14.2. The third-order valence-corrected chi connectivity index (χ3v) is 2.77. The molecule has 1 heterocycles. The molecule has 1 rings (SSSR count). The summed E-state index contributed by atoms with van der Waals surface area (Å²) in [6.45, 7) is 7.81. The van der Waals surface area contributed by atoms with E-state index in [4.69, 9.17) is 0 Å². The fourth-order valence-electron chi connectivity index (χ4n) is 1.73. The van der Waals surface area contributed by atoms with Crippen molar-refractivity contribution in [2.75, 3.05) is 13.1 Å². The van der Waals surface area contributed by atoms with Crippen molar-refractivity contribution in [2.24, 2.45) is 13.0 Å². The molecular formula is C13H25N3O. The van der Waals surface area contributed by atoms with Crippen molar-refractivity contribution < 1.29 is 5.11 Å². The lowest BCUT2D eigenvalue weighted by Crippen LogP contribution is -2.39. The van der Waals surface area contributed by atoms with E-state index in [1.54, 1.807) is 4.68 Å². The number of hydrogen-bond donors (Lipinski definition) is 2. The van der Waals surface area contributed by atoms with Crippen molar-refractivity contribution in [3.63, 3.8) is 0 Å². The van der Waals surface area contributed by atoms with Gasteiger partial charge in [0.2, 0.25) is 0 Å². The number of hydrogen-bond acceptors (Lipinski definition) is 3. The highest BCUT2D eigenvalue weighted by atomic mass is 16.3. The van der Waals surface area contributed by atoms with Crippen LogP contribution in [0.1, 0.15) is 32.8 Å². The molecule has 0 radical (unpaired) electrons. The molecule has 0 saturated heterocycles. The second kappa shape index (κ2) is 6.17. The van der Waals surface area contributed by atoms with Gasteiger partial charge >= 0.3 is 0 Å². The highest BCUT2D eigenvalue weighted by Crippen LogP contribution is 2.12. The van der Waals surface area contributed by atoms with Crippen LogP contribution in [0, 0.1) is 5.92 Å². The molecule has 0 aliphatic heterocycles. The molecule has 17 heavy (non-hydrogen) atoms. The van der Waals surface area contributed by atoms with Gasteiger partial charge in [-0.2, -0.15) is 5.10 Å². The smallest absolute Gasteiger partial charge is 0.0746 e. The SMILES string of the molecule is CC(C)CNCC(C)(O)CCc1cnn(C)c1. The van der Waals surface area contributed by atoms with Crippen LogP contribution in [0.25, 0.3) is 0 Å². The Bertz CT molecular complexity index is 331. The second-order valence-corrected chi connectivity index (χ2v) is 5.54. The lowest BCUT2D eigenvalue weighted by Gasteiger charge is -2.24. The van der Waals surface area contributed by atoms with Gasteiger partial charge in [-0.1, -0.05) is 13.8 Å². The van der Waals surface area contributed by atoms with Crippen LogP contribution in [-0.4, -0.2) is 33.6 Å². The lowest BCUT2D eigenvalue weighted by atomic mass is 9.98. The minimum absolute atomic E-state index is 0.615. The van der Waals surface area contributed by atoms with Gasteiger partial charge in [0.15, 0.2) is 0 Å². The maximum atomic E-state index is 10.2. The number of rotatable bonds is 7. The lowest BCUT2D eigenvalue weighted by molar-refractivity contribution is 0.0506. The maximum absolute atomic E-state index is 10.2. The number of aromatic nitrogens is 2. The number of aliphatic hydroxyl groups is 1. The number of aryl methyl sites for hydroxylation is 2. The predicted molar refractivity (Wildman–Crippen MR) is 69.9 cm³/mol. The van der Waals surface area contributed by atoms with Crippen molar-refractivity contribution >= 4 is 0 Å². The van der Waals surface area contributed by atoms with Crippen LogP contribution >= 0.6 is 0 Å². The van der Waals surface area contributed by atoms with Crippen molar-refractivity contribution in [1.29, 1.82) is 0 Å². The van der Waals surface area contributed by atoms with Gasteiger partial charge in [0, 0.05) is 19.8 Å². The quantitative estimate of drug-likeness (QED) is 0.755. The molecule has 0 spiro atoms. The molecule has 0 aliphatic carbocycles. The first-order chi connectivity index (χ1) is 7.89. The zero-order valence-corrected chi connectivity index (χ0v) is 11.4. The topological polar surface area (TPSA) is 50.1 Å². The molecule has 4 heteroatoms. The summed E-state index contributed by atoms with van der Waals surface area (Å²) in [5, 5.41) is 17.6. The molecule has 1 aromatic rings. The Morgan fingerprint density at radius 2 is 2.24 bits per heavy atom. The van der Waals surface area contributed by atoms with Gasteiger partial charge < -0.3 is 10.4 Å². The average Bonchev–Trinajstić information content (AvgIpc) is 2.61. The van der Waals surface area contributed by atoms with E-state index in [0.717, 1.165) is 19.4 Å². The minimum atomic E-state index is -0.648. The van der Waals surface area contributed by atoms with Crippen molar-refractivity contribution in [3.8, 4) is 0 Å². The van der Waals surface area contributed by atoms with Gasteiger partial charge in [-0.15, -0.1) is 0 Å². The number of nitrogens with one attached hydrogen (secondary N) is 1. The third-order valence-electron chi connectivity index (χ3n) is 2.77. The predicted octanol–water partition coefficient (Wildman–Crippen LogP) is 1.35. The van der Waals surface area contributed by atoms with E-state index >= 15 is 0 Å². The summed E-state index contributed by atoms with van der Waals surface area (Å²) >= 11 is 0. The normalized spacial score (nSPS) is 15.2.